The molecule has 1 N–H and O–H groups in total. The van der Waals surface area contributed by atoms with E-state index in [0.717, 1.165) is 6.42 Å². The SMILES string of the molecule is CCC(C)c1noc(C2CC=CCC2C(=O)O)n1. The summed E-state index contributed by atoms with van der Waals surface area (Å²) in [5.74, 6) is -0.0798. The van der Waals surface area contributed by atoms with Crippen molar-refractivity contribution in [2.24, 2.45) is 5.92 Å². The van der Waals surface area contributed by atoms with E-state index in [2.05, 4.69) is 17.1 Å². The zero-order valence-corrected chi connectivity index (χ0v) is 10.7. The van der Waals surface area contributed by atoms with Crippen molar-refractivity contribution in [2.45, 2.75) is 44.9 Å². The zero-order chi connectivity index (χ0) is 13.1. The van der Waals surface area contributed by atoms with E-state index >= 15 is 0 Å². The van der Waals surface area contributed by atoms with E-state index in [9.17, 15) is 9.90 Å². The number of aliphatic carboxylic acids is 1. The van der Waals surface area contributed by atoms with E-state index < -0.39 is 11.9 Å². The van der Waals surface area contributed by atoms with Gasteiger partial charge in [0, 0.05) is 5.92 Å². The highest BCUT2D eigenvalue weighted by molar-refractivity contribution is 5.71. The summed E-state index contributed by atoms with van der Waals surface area (Å²) < 4.78 is 5.25. The first-order valence-electron chi connectivity index (χ1n) is 6.34. The van der Waals surface area contributed by atoms with Gasteiger partial charge in [-0.1, -0.05) is 31.2 Å². The van der Waals surface area contributed by atoms with E-state index in [0.29, 0.717) is 24.6 Å². The Labute approximate surface area is 106 Å². The first kappa shape index (κ1) is 12.8. The van der Waals surface area contributed by atoms with Gasteiger partial charge in [0.1, 0.15) is 0 Å². The quantitative estimate of drug-likeness (QED) is 0.831. The predicted octanol–water partition coefficient (Wildman–Crippen LogP) is 2.72. The van der Waals surface area contributed by atoms with Gasteiger partial charge in [-0.05, 0) is 19.3 Å². The second kappa shape index (κ2) is 5.33. The first-order valence-corrected chi connectivity index (χ1v) is 6.34. The van der Waals surface area contributed by atoms with E-state index in [-0.39, 0.29) is 11.8 Å². The Balaban J connectivity index is 2.21. The molecule has 0 spiro atoms. The van der Waals surface area contributed by atoms with Crippen molar-refractivity contribution < 1.29 is 14.4 Å². The largest absolute Gasteiger partial charge is 0.481 e. The lowest BCUT2D eigenvalue weighted by atomic mass is 9.83. The lowest BCUT2D eigenvalue weighted by Gasteiger charge is -2.21. The third-order valence-electron chi connectivity index (χ3n) is 3.58. The Morgan fingerprint density at radius 1 is 1.56 bits per heavy atom. The van der Waals surface area contributed by atoms with Crippen LogP contribution in [0, 0.1) is 5.92 Å². The average molecular weight is 250 g/mol. The van der Waals surface area contributed by atoms with E-state index in [1.165, 1.54) is 0 Å². The second-order valence-electron chi connectivity index (χ2n) is 4.79. The minimum absolute atomic E-state index is 0.196. The van der Waals surface area contributed by atoms with Crippen LogP contribution >= 0.6 is 0 Å². The summed E-state index contributed by atoms with van der Waals surface area (Å²) in [6.07, 6.45) is 6.00. The molecule has 2 rings (SSSR count). The fourth-order valence-electron chi connectivity index (χ4n) is 2.14. The number of carboxylic acids is 1. The molecule has 1 aromatic heterocycles. The normalized spacial score (nSPS) is 25.0. The fourth-order valence-corrected chi connectivity index (χ4v) is 2.14. The number of carboxylic acid groups (broad SMARTS) is 1. The Morgan fingerprint density at radius 3 is 2.94 bits per heavy atom. The standard InChI is InChI=1S/C13H18N2O3/c1-3-8(2)11-14-12(18-15-11)9-6-4-5-7-10(9)13(16)17/h4-5,8-10H,3,6-7H2,1-2H3,(H,16,17). The average Bonchev–Trinajstić information content (AvgIpc) is 2.87. The molecular formula is C13H18N2O3. The van der Waals surface area contributed by atoms with Crippen molar-refractivity contribution in [3.63, 3.8) is 0 Å². The van der Waals surface area contributed by atoms with Gasteiger partial charge in [0.2, 0.25) is 5.89 Å². The summed E-state index contributed by atoms with van der Waals surface area (Å²) in [7, 11) is 0. The molecule has 1 aromatic rings. The van der Waals surface area contributed by atoms with Gasteiger partial charge in [0.15, 0.2) is 5.82 Å². The van der Waals surface area contributed by atoms with Crippen molar-refractivity contribution in [2.75, 3.05) is 0 Å². The molecule has 0 aliphatic heterocycles. The summed E-state index contributed by atoms with van der Waals surface area (Å²) in [5.41, 5.74) is 0. The van der Waals surface area contributed by atoms with Gasteiger partial charge in [-0.15, -0.1) is 0 Å². The van der Waals surface area contributed by atoms with Gasteiger partial charge in [-0.25, -0.2) is 0 Å². The van der Waals surface area contributed by atoms with E-state index in [1.54, 1.807) is 0 Å². The van der Waals surface area contributed by atoms with Crippen LogP contribution in [0.2, 0.25) is 0 Å². The maximum absolute atomic E-state index is 11.2. The van der Waals surface area contributed by atoms with Gasteiger partial charge in [0.25, 0.3) is 0 Å². The van der Waals surface area contributed by atoms with Crippen molar-refractivity contribution in [3.05, 3.63) is 23.9 Å². The molecule has 0 fully saturated rings. The van der Waals surface area contributed by atoms with Crippen LogP contribution in [-0.4, -0.2) is 21.2 Å². The van der Waals surface area contributed by atoms with Crippen LogP contribution < -0.4 is 0 Å². The molecule has 5 heteroatoms. The van der Waals surface area contributed by atoms with Crippen molar-refractivity contribution in [1.82, 2.24) is 10.1 Å². The lowest BCUT2D eigenvalue weighted by Crippen LogP contribution is -2.23. The molecule has 3 atom stereocenters. The molecule has 1 aliphatic carbocycles. The Bertz CT molecular complexity index is 453. The maximum atomic E-state index is 11.2. The highest BCUT2D eigenvalue weighted by Gasteiger charge is 2.34. The summed E-state index contributed by atoms with van der Waals surface area (Å²) in [6.45, 7) is 4.09. The third kappa shape index (κ3) is 2.44. The van der Waals surface area contributed by atoms with Crippen LogP contribution in [-0.2, 0) is 4.79 Å². The highest BCUT2D eigenvalue weighted by Crippen LogP contribution is 2.34. The molecule has 18 heavy (non-hydrogen) atoms. The van der Waals surface area contributed by atoms with Crippen molar-refractivity contribution in [1.29, 1.82) is 0 Å². The summed E-state index contributed by atoms with van der Waals surface area (Å²) in [4.78, 5) is 15.6. The molecular weight excluding hydrogens is 232 g/mol. The van der Waals surface area contributed by atoms with Crippen LogP contribution in [0.4, 0.5) is 0 Å². The molecule has 3 unspecified atom stereocenters. The van der Waals surface area contributed by atoms with Gasteiger partial charge in [-0.3, -0.25) is 4.79 Å². The molecule has 0 aromatic carbocycles. The van der Waals surface area contributed by atoms with Gasteiger partial charge < -0.3 is 9.63 Å². The topological polar surface area (TPSA) is 76.2 Å². The van der Waals surface area contributed by atoms with Gasteiger partial charge in [-0.2, -0.15) is 4.98 Å². The number of allylic oxidation sites excluding steroid dienone is 2. The molecule has 1 heterocycles. The van der Waals surface area contributed by atoms with Crippen molar-refractivity contribution >= 4 is 5.97 Å². The zero-order valence-electron chi connectivity index (χ0n) is 10.7. The lowest BCUT2D eigenvalue weighted by molar-refractivity contribution is -0.142. The van der Waals surface area contributed by atoms with Crippen LogP contribution in [0.3, 0.4) is 0 Å². The number of hydrogen-bond acceptors (Lipinski definition) is 4. The molecule has 1 aliphatic rings. The smallest absolute Gasteiger partial charge is 0.307 e. The molecule has 0 amide bonds. The van der Waals surface area contributed by atoms with Gasteiger partial charge >= 0.3 is 5.97 Å². The van der Waals surface area contributed by atoms with Crippen LogP contribution in [0.1, 0.15) is 56.7 Å². The molecule has 0 saturated carbocycles. The summed E-state index contributed by atoms with van der Waals surface area (Å²) in [5, 5.41) is 13.2. The predicted molar refractivity (Wildman–Crippen MR) is 65.2 cm³/mol. The number of carbonyl (C=O) groups is 1. The number of nitrogens with zero attached hydrogens (tertiary/aromatic N) is 2. The van der Waals surface area contributed by atoms with E-state index in [1.807, 2.05) is 19.1 Å². The second-order valence-corrected chi connectivity index (χ2v) is 4.79. The number of aromatic nitrogens is 2. The van der Waals surface area contributed by atoms with Gasteiger partial charge in [0.05, 0.1) is 11.8 Å². The van der Waals surface area contributed by atoms with E-state index in [4.69, 9.17) is 4.52 Å². The molecule has 0 radical (unpaired) electrons. The Morgan fingerprint density at radius 2 is 2.28 bits per heavy atom. The molecule has 5 nitrogen and oxygen atoms in total. The van der Waals surface area contributed by atoms with Crippen LogP contribution in [0.25, 0.3) is 0 Å². The Hall–Kier alpha value is -1.65. The third-order valence-corrected chi connectivity index (χ3v) is 3.58. The minimum atomic E-state index is -0.798. The summed E-state index contributed by atoms with van der Waals surface area (Å²) in [6, 6.07) is 0. The fraction of sp³-hybridized carbons (Fsp3) is 0.615. The monoisotopic (exact) mass is 250 g/mol. The summed E-state index contributed by atoms with van der Waals surface area (Å²) >= 11 is 0. The maximum Gasteiger partial charge on any atom is 0.307 e. The van der Waals surface area contributed by atoms with Crippen LogP contribution in [0.15, 0.2) is 16.7 Å². The first-order chi connectivity index (χ1) is 8.63. The molecule has 0 bridgehead atoms. The molecule has 0 saturated heterocycles. The van der Waals surface area contributed by atoms with Crippen molar-refractivity contribution in [3.8, 4) is 0 Å². The number of hydrogen-bond donors (Lipinski definition) is 1. The van der Waals surface area contributed by atoms with Crippen LogP contribution in [0.5, 0.6) is 0 Å². The Kier molecular flexibility index (Phi) is 3.79. The number of rotatable bonds is 4. The minimum Gasteiger partial charge on any atom is -0.481 e. The molecule has 98 valence electrons. The highest BCUT2D eigenvalue weighted by atomic mass is 16.5.